The number of hydrogen-bond donors (Lipinski definition) is 1. The van der Waals surface area contributed by atoms with Crippen molar-refractivity contribution in [2.45, 2.75) is 33.1 Å². The summed E-state index contributed by atoms with van der Waals surface area (Å²) in [6.07, 6.45) is 2.56. The number of nitrogens with zero attached hydrogens (tertiary/aromatic N) is 3. The fourth-order valence-electron chi connectivity index (χ4n) is 3.49. The number of aromatic nitrogens is 2. The Labute approximate surface area is 168 Å². The minimum atomic E-state index is -0.739. The van der Waals surface area contributed by atoms with E-state index < -0.39 is 11.9 Å². The maximum atomic E-state index is 11.8. The maximum absolute atomic E-state index is 11.8. The van der Waals surface area contributed by atoms with E-state index in [0.29, 0.717) is 23.9 Å². The van der Waals surface area contributed by atoms with E-state index in [2.05, 4.69) is 14.9 Å². The van der Waals surface area contributed by atoms with Crippen LogP contribution in [0.2, 0.25) is 5.02 Å². The highest BCUT2D eigenvalue weighted by molar-refractivity contribution is 6.33. The van der Waals surface area contributed by atoms with Gasteiger partial charge >= 0.3 is 5.97 Å². The van der Waals surface area contributed by atoms with Gasteiger partial charge in [0, 0.05) is 26.4 Å². The third-order valence-corrected chi connectivity index (χ3v) is 5.16. The average Bonchev–Trinajstić information content (AvgIpc) is 2.64. The minimum Gasteiger partial charge on any atom is -0.422 e. The number of piperidine rings is 1. The van der Waals surface area contributed by atoms with Crippen LogP contribution in [-0.2, 0) is 11.2 Å². The number of carbonyl (C=O) groups is 2. The second-order valence-electron chi connectivity index (χ2n) is 6.95. The van der Waals surface area contributed by atoms with Gasteiger partial charge in [0.1, 0.15) is 5.82 Å². The van der Waals surface area contributed by atoms with Crippen molar-refractivity contribution in [1.29, 1.82) is 0 Å². The van der Waals surface area contributed by atoms with Gasteiger partial charge in [-0.05, 0) is 37.8 Å². The van der Waals surface area contributed by atoms with Crippen LogP contribution < -0.4 is 15.4 Å². The van der Waals surface area contributed by atoms with Crippen molar-refractivity contribution in [2.24, 2.45) is 11.7 Å². The van der Waals surface area contributed by atoms with Crippen molar-refractivity contribution in [3.8, 4) is 5.75 Å². The Morgan fingerprint density at radius 3 is 2.54 bits per heavy atom. The number of para-hydroxylation sites is 1. The molecule has 1 fully saturated rings. The molecule has 8 heteroatoms. The standard InChI is InChI=1S/C20H23ClN4O3/c1-12-19(28-13(2)26)18(20(22)27)24-17(23-12)11-14-7-9-25(10-8-14)16-6-4-3-5-15(16)21/h3-6,14H,7-11H2,1-2H3,(H2,22,27). The minimum absolute atomic E-state index is 0.0392. The predicted molar refractivity (Wildman–Crippen MR) is 107 cm³/mol. The van der Waals surface area contributed by atoms with E-state index >= 15 is 0 Å². The third-order valence-electron chi connectivity index (χ3n) is 4.84. The lowest BCUT2D eigenvalue weighted by atomic mass is 9.93. The van der Waals surface area contributed by atoms with Crippen LogP contribution in [0.5, 0.6) is 5.75 Å². The number of esters is 1. The Kier molecular flexibility index (Phi) is 6.14. The number of ether oxygens (including phenoxy) is 1. The van der Waals surface area contributed by atoms with Crippen LogP contribution in [0.1, 0.15) is 41.8 Å². The molecule has 3 rings (SSSR count). The Balaban J connectivity index is 1.70. The van der Waals surface area contributed by atoms with Crippen LogP contribution in [0, 0.1) is 12.8 Å². The van der Waals surface area contributed by atoms with E-state index in [1.54, 1.807) is 6.92 Å². The van der Waals surface area contributed by atoms with Gasteiger partial charge in [0.2, 0.25) is 0 Å². The highest BCUT2D eigenvalue weighted by Crippen LogP contribution is 2.30. The molecule has 0 radical (unpaired) electrons. The van der Waals surface area contributed by atoms with E-state index in [9.17, 15) is 9.59 Å². The van der Waals surface area contributed by atoms with E-state index in [-0.39, 0.29) is 11.4 Å². The van der Waals surface area contributed by atoms with Gasteiger partial charge in [-0.1, -0.05) is 23.7 Å². The number of rotatable bonds is 5. The number of primary amides is 1. The number of halogens is 1. The molecule has 148 valence electrons. The topological polar surface area (TPSA) is 98.4 Å². The zero-order valence-corrected chi connectivity index (χ0v) is 16.7. The van der Waals surface area contributed by atoms with Crippen molar-refractivity contribution >= 4 is 29.2 Å². The molecular weight excluding hydrogens is 380 g/mol. The summed E-state index contributed by atoms with van der Waals surface area (Å²) in [5, 5.41) is 0.757. The van der Waals surface area contributed by atoms with Gasteiger partial charge in [-0.15, -0.1) is 0 Å². The lowest BCUT2D eigenvalue weighted by Gasteiger charge is -2.34. The van der Waals surface area contributed by atoms with Crippen LogP contribution in [0.3, 0.4) is 0 Å². The molecule has 1 amide bonds. The number of benzene rings is 1. The molecule has 1 aromatic carbocycles. The molecule has 0 spiro atoms. The zero-order valence-electron chi connectivity index (χ0n) is 15.9. The second kappa shape index (κ2) is 8.56. The Bertz CT molecular complexity index is 895. The molecule has 28 heavy (non-hydrogen) atoms. The van der Waals surface area contributed by atoms with Crippen molar-refractivity contribution in [3.63, 3.8) is 0 Å². The normalized spacial score (nSPS) is 14.8. The number of nitrogens with two attached hydrogens (primary N) is 1. The summed E-state index contributed by atoms with van der Waals surface area (Å²) in [5.41, 5.74) is 6.85. The average molecular weight is 403 g/mol. The summed E-state index contributed by atoms with van der Waals surface area (Å²) in [4.78, 5) is 34.0. The molecule has 2 N–H and O–H groups in total. The number of anilines is 1. The Morgan fingerprint density at radius 1 is 1.25 bits per heavy atom. The fourth-order valence-corrected chi connectivity index (χ4v) is 3.74. The van der Waals surface area contributed by atoms with E-state index in [1.807, 2.05) is 24.3 Å². The molecular formula is C20H23ClN4O3. The monoisotopic (exact) mass is 402 g/mol. The van der Waals surface area contributed by atoms with Gasteiger partial charge in [0.15, 0.2) is 11.4 Å². The largest absolute Gasteiger partial charge is 0.422 e. The van der Waals surface area contributed by atoms with Crippen LogP contribution in [0.4, 0.5) is 5.69 Å². The number of hydrogen-bond acceptors (Lipinski definition) is 6. The lowest BCUT2D eigenvalue weighted by molar-refractivity contribution is -0.132. The first-order valence-electron chi connectivity index (χ1n) is 9.20. The molecule has 0 saturated carbocycles. The Hall–Kier alpha value is -2.67. The van der Waals surface area contributed by atoms with Gasteiger partial charge in [-0.3, -0.25) is 9.59 Å². The number of aryl methyl sites for hydroxylation is 1. The van der Waals surface area contributed by atoms with E-state index in [0.717, 1.165) is 36.6 Å². The van der Waals surface area contributed by atoms with Gasteiger partial charge in [-0.25, -0.2) is 9.97 Å². The van der Waals surface area contributed by atoms with Crippen LogP contribution >= 0.6 is 11.6 Å². The molecule has 0 unspecified atom stereocenters. The van der Waals surface area contributed by atoms with Gasteiger partial charge in [0.25, 0.3) is 5.91 Å². The molecule has 1 aliphatic rings. The summed E-state index contributed by atoms with van der Waals surface area (Å²) in [5.74, 6) is -0.320. The lowest BCUT2D eigenvalue weighted by Crippen LogP contribution is -2.34. The summed E-state index contributed by atoms with van der Waals surface area (Å²) in [6, 6.07) is 7.84. The number of amides is 1. The summed E-state index contributed by atoms with van der Waals surface area (Å²) in [7, 11) is 0. The first-order valence-corrected chi connectivity index (χ1v) is 9.58. The molecule has 2 aromatic rings. The van der Waals surface area contributed by atoms with Crippen molar-refractivity contribution < 1.29 is 14.3 Å². The molecule has 1 saturated heterocycles. The van der Waals surface area contributed by atoms with Crippen LogP contribution in [-0.4, -0.2) is 34.9 Å². The summed E-state index contributed by atoms with van der Waals surface area (Å²) in [6.45, 7) is 4.71. The smallest absolute Gasteiger partial charge is 0.308 e. The van der Waals surface area contributed by atoms with Gasteiger partial charge < -0.3 is 15.4 Å². The molecule has 1 aliphatic heterocycles. The highest BCUT2D eigenvalue weighted by atomic mass is 35.5. The van der Waals surface area contributed by atoms with Gasteiger partial charge in [-0.2, -0.15) is 0 Å². The van der Waals surface area contributed by atoms with E-state index in [1.165, 1.54) is 6.92 Å². The van der Waals surface area contributed by atoms with Crippen molar-refractivity contribution in [1.82, 2.24) is 9.97 Å². The molecule has 0 aliphatic carbocycles. The summed E-state index contributed by atoms with van der Waals surface area (Å²) < 4.78 is 5.07. The molecule has 7 nitrogen and oxygen atoms in total. The zero-order chi connectivity index (χ0) is 20.3. The molecule has 2 heterocycles. The SMILES string of the molecule is CC(=O)Oc1c(C)nc(CC2CCN(c3ccccc3Cl)CC2)nc1C(N)=O. The quantitative estimate of drug-likeness (QED) is 0.772. The second-order valence-corrected chi connectivity index (χ2v) is 7.35. The molecule has 1 aromatic heterocycles. The maximum Gasteiger partial charge on any atom is 0.308 e. The predicted octanol–water partition coefficient (Wildman–Crippen LogP) is 2.92. The van der Waals surface area contributed by atoms with Crippen molar-refractivity contribution in [2.75, 3.05) is 18.0 Å². The first-order chi connectivity index (χ1) is 13.3. The molecule has 0 atom stereocenters. The third kappa shape index (κ3) is 4.59. The number of carbonyl (C=O) groups excluding carboxylic acids is 2. The van der Waals surface area contributed by atoms with E-state index in [4.69, 9.17) is 22.1 Å². The van der Waals surface area contributed by atoms with Crippen molar-refractivity contribution in [3.05, 3.63) is 46.5 Å². The first kappa shape index (κ1) is 20.1. The van der Waals surface area contributed by atoms with Crippen LogP contribution in [0.15, 0.2) is 24.3 Å². The molecule has 0 bridgehead atoms. The van der Waals surface area contributed by atoms with Crippen LogP contribution in [0.25, 0.3) is 0 Å². The highest BCUT2D eigenvalue weighted by Gasteiger charge is 2.24. The Morgan fingerprint density at radius 2 is 1.93 bits per heavy atom. The fraction of sp³-hybridized carbons (Fsp3) is 0.400. The van der Waals surface area contributed by atoms with Gasteiger partial charge in [0.05, 0.1) is 16.4 Å². The summed E-state index contributed by atoms with van der Waals surface area (Å²) >= 11 is 6.30.